The molecule has 0 rings (SSSR count). The SMILES string of the molecule is CC(C)(C)OC(=O)N[C@H](CO)C(O)O. The third-order valence-electron chi connectivity index (χ3n) is 1.26. The van der Waals surface area contributed by atoms with Gasteiger partial charge in [0.1, 0.15) is 11.6 Å². The maximum Gasteiger partial charge on any atom is 0.408 e. The van der Waals surface area contributed by atoms with Gasteiger partial charge in [-0.3, -0.25) is 0 Å². The van der Waals surface area contributed by atoms with E-state index >= 15 is 0 Å². The van der Waals surface area contributed by atoms with Crippen LogP contribution in [0, 0.1) is 0 Å². The fourth-order valence-electron chi connectivity index (χ4n) is 0.673. The van der Waals surface area contributed by atoms with E-state index in [1.54, 1.807) is 20.8 Å². The molecular weight excluding hydrogens is 190 g/mol. The van der Waals surface area contributed by atoms with Crippen LogP contribution in [0.4, 0.5) is 4.79 Å². The molecule has 0 aliphatic rings. The fraction of sp³-hybridized carbons (Fsp3) is 0.875. The van der Waals surface area contributed by atoms with E-state index in [-0.39, 0.29) is 0 Å². The molecule has 0 aliphatic heterocycles. The van der Waals surface area contributed by atoms with Crippen LogP contribution in [0.1, 0.15) is 20.8 Å². The van der Waals surface area contributed by atoms with Crippen molar-refractivity contribution < 1.29 is 24.9 Å². The first kappa shape index (κ1) is 13.2. The summed E-state index contributed by atoms with van der Waals surface area (Å²) in [5.74, 6) is 0. The van der Waals surface area contributed by atoms with Crippen molar-refractivity contribution in [3.05, 3.63) is 0 Å². The molecule has 0 unspecified atom stereocenters. The molecule has 4 N–H and O–H groups in total. The van der Waals surface area contributed by atoms with Crippen molar-refractivity contribution in [1.82, 2.24) is 5.32 Å². The Morgan fingerprint density at radius 1 is 1.43 bits per heavy atom. The second kappa shape index (κ2) is 5.14. The van der Waals surface area contributed by atoms with Crippen LogP contribution in [-0.2, 0) is 4.74 Å². The molecule has 1 amide bonds. The number of carbonyl (C=O) groups is 1. The van der Waals surface area contributed by atoms with Gasteiger partial charge in [0.05, 0.1) is 6.61 Å². The highest BCUT2D eigenvalue weighted by Crippen LogP contribution is 2.06. The number of carbonyl (C=O) groups excluding carboxylic acids is 1. The summed E-state index contributed by atoms with van der Waals surface area (Å²) >= 11 is 0. The van der Waals surface area contributed by atoms with Crippen molar-refractivity contribution in [2.75, 3.05) is 6.61 Å². The fourth-order valence-corrected chi connectivity index (χ4v) is 0.673. The lowest BCUT2D eigenvalue weighted by Gasteiger charge is -2.23. The van der Waals surface area contributed by atoms with E-state index in [4.69, 9.17) is 20.1 Å². The van der Waals surface area contributed by atoms with E-state index in [9.17, 15) is 4.79 Å². The second-order valence-electron chi connectivity index (χ2n) is 3.85. The third kappa shape index (κ3) is 5.74. The van der Waals surface area contributed by atoms with Crippen molar-refractivity contribution in [2.45, 2.75) is 38.7 Å². The average molecular weight is 207 g/mol. The van der Waals surface area contributed by atoms with E-state index in [0.29, 0.717) is 0 Å². The van der Waals surface area contributed by atoms with Gasteiger partial charge in [0.15, 0.2) is 6.29 Å². The maximum atomic E-state index is 11.1. The highest BCUT2D eigenvalue weighted by Gasteiger charge is 2.22. The third-order valence-corrected chi connectivity index (χ3v) is 1.26. The summed E-state index contributed by atoms with van der Waals surface area (Å²) in [7, 11) is 0. The predicted molar refractivity (Wildman–Crippen MR) is 48.5 cm³/mol. The zero-order chi connectivity index (χ0) is 11.4. The molecular formula is C8H17NO5. The van der Waals surface area contributed by atoms with Gasteiger partial charge in [-0.2, -0.15) is 0 Å². The van der Waals surface area contributed by atoms with Crippen molar-refractivity contribution in [1.29, 1.82) is 0 Å². The Bertz CT molecular complexity index is 187. The zero-order valence-corrected chi connectivity index (χ0v) is 8.52. The summed E-state index contributed by atoms with van der Waals surface area (Å²) in [4.78, 5) is 11.1. The van der Waals surface area contributed by atoms with E-state index in [1.807, 2.05) is 0 Å². The monoisotopic (exact) mass is 207 g/mol. The van der Waals surface area contributed by atoms with Crippen LogP contribution in [0.3, 0.4) is 0 Å². The molecule has 0 aromatic carbocycles. The number of ether oxygens (including phenoxy) is 1. The Kier molecular flexibility index (Phi) is 4.82. The van der Waals surface area contributed by atoms with Gasteiger partial charge in [0.25, 0.3) is 0 Å². The molecule has 1 atom stereocenters. The normalized spacial score (nSPS) is 13.9. The van der Waals surface area contributed by atoms with Crippen LogP contribution in [-0.4, -0.2) is 46.0 Å². The molecule has 14 heavy (non-hydrogen) atoms. The minimum Gasteiger partial charge on any atom is -0.444 e. The molecule has 6 nitrogen and oxygen atoms in total. The van der Waals surface area contributed by atoms with Gasteiger partial charge in [-0.15, -0.1) is 0 Å². The van der Waals surface area contributed by atoms with Crippen LogP contribution < -0.4 is 5.32 Å². The van der Waals surface area contributed by atoms with E-state index in [2.05, 4.69) is 5.32 Å². The van der Waals surface area contributed by atoms with Crippen molar-refractivity contribution in [2.24, 2.45) is 0 Å². The van der Waals surface area contributed by atoms with Crippen LogP contribution in [0.25, 0.3) is 0 Å². The largest absolute Gasteiger partial charge is 0.444 e. The predicted octanol–water partition coefficient (Wildman–Crippen LogP) is -0.817. The Morgan fingerprint density at radius 3 is 2.21 bits per heavy atom. The lowest BCUT2D eigenvalue weighted by Crippen LogP contribution is -2.47. The number of hydrogen-bond donors (Lipinski definition) is 4. The lowest BCUT2D eigenvalue weighted by molar-refractivity contribution is -0.0786. The number of aliphatic hydroxyl groups excluding tert-OH is 2. The lowest BCUT2D eigenvalue weighted by atomic mass is 10.2. The van der Waals surface area contributed by atoms with E-state index in [0.717, 1.165) is 0 Å². The molecule has 0 heterocycles. The first-order valence-electron chi connectivity index (χ1n) is 4.23. The molecule has 0 aliphatic carbocycles. The molecule has 0 bridgehead atoms. The van der Waals surface area contributed by atoms with Gasteiger partial charge in [0.2, 0.25) is 0 Å². The summed E-state index contributed by atoms with van der Waals surface area (Å²) in [5, 5.41) is 28.1. The number of rotatable bonds is 3. The average Bonchev–Trinajstić information content (AvgIpc) is 1.96. The first-order chi connectivity index (χ1) is 6.26. The number of amides is 1. The maximum absolute atomic E-state index is 11.1. The first-order valence-corrected chi connectivity index (χ1v) is 4.23. The molecule has 0 spiro atoms. The molecule has 0 fully saturated rings. The second-order valence-corrected chi connectivity index (χ2v) is 3.85. The van der Waals surface area contributed by atoms with Gasteiger partial charge in [0, 0.05) is 0 Å². The molecule has 84 valence electrons. The van der Waals surface area contributed by atoms with Crippen LogP contribution in [0.2, 0.25) is 0 Å². The number of aliphatic hydroxyl groups is 3. The Balaban J connectivity index is 4.04. The van der Waals surface area contributed by atoms with E-state index < -0.39 is 30.6 Å². The highest BCUT2D eigenvalue weighted by molar-refractivity contribution is 5.68. The van der Waals surface area contributed by atoms with Crippen LogP contribution in [0.5, 0.6) is 0 Å². The van der Waals surface area contributed by atoms with E-state index in [1.165, 1.54) is 0 Å². The van der Waals surface area contributed by atoms with Crippen molar-refractivity contribution >= 4 is 6.09 Å². The smallest absolute Gasteiger partial charge is 0.408 e. The minimum atomic E-state index is -1.81. The molecule has 0 saturated carbocycles. The Hall–Kier alpha value is -0.850. The van der Waals surface area contributed by atoms with Gasteiger partial charge in [-0.05, 0) is 20.8 Å². The van der Waals surface area contributed by atoms with Crippen molar-refractivity contribution in [3.63, 3.8) is 0 Å². The summed E-state index contributed by atoms with van der Waals surface area (Å²) in [6.45, 7) is 4.46. The topological polar surface area (TPSA) is 99.0 Å². The molecule has 0 aromatic rings. The summed E-state index contributed by atoms with van der Waals surface area (Å²) in [6, 6.07) is -1.13. The summed E-state index contributed by atoms with van der Waals surface area (Å²) < 4.78 is 4.84. The van der Waals surface area contributed by atoms with Gasteiger partial charge < -0.3 is 25.4 Å². The zero-order valence-electron chi connectivity index (χ0n) is 8.52. The van der Waals surface area contributed by atoms with Crippen molar-refractivity contribution in [3.8, 4) is 0 Å². The Labute approximate surface area is 82.5 Å². The summed E-state index contributed by atoms with van der Waals surface area (Å²) in [6.07, 6.45) is -2.61. The minimum absolute atomic E-state index is 0.573. The van der Waals surface area contributed by atoms with Gasteiger partial charge >= 0.3 is 6.09 Å². The quantitative estimate of drug-likeness (QED) is 0.453. The molecule has 6 heteroatoms. The van der Waals surface area contributed by atoms with Gasteiger partial charge in [-0.25, -0.2) is 4.79 Å². The number of hydrogen-bond acceptors (Lipinski definition) is 5. The van der Waals surface area contributed by atoms with Gasteiger partial charge in [-0.1, -0.05) is 0 Å². The number of nitrogens with one attached hydrogen (secondary N) is 1. The molecule has 0 saturated heterocycles. The Morgan fingerprint density at radius 2 is 1.93 bits per heavy atom. The summed E-state index contributed by atoms with van der Waals surface area (Å²) in [5.41, 5.74) is -0.662. The highest BCUT2D eigenvalue weighted by atomic mass is 16.6. The van der Waals surface area contributed by atoms with Crippen LogP contribution >= 0.6 is 0 Å². The molecule has 0 radical (unpaired) electrons. The van der Waals surface area contributed by atoms with Crippen LogP contribution in [0.15, 0.2) is 0 Å². The standard InChI is InChI=1S/C8H17NO5/c1-8(2,3)14-7(13)9-5(4-10)6(11)12/h5-6,10-12H,4H2,1-3H3,(H,9,13)/t5-/m1/s1. The number of alkyl carbamates (subject to hydrolysis) is 1. The molecule has 0 aromatic heterocycles.